The molecule has 0 aromatic rings. The smallest absolute Gasteiger partial charge is 0.266 e. The predicted molar refractivity (Wildman–Crippen MR) is 96.6 cm³/mol. The highest BCUT2D eigenvalue weighted by Gasteiger charge is 2.46. The third-order valence-electron chi connectivity index (χ3n) is 4.57. The van der Waals surface area contributed by atoms with Crippen LogP contribution in [0.25, 0.3) is 0 Å². The Morgan fingerprint density at radius 1 is 1.44 bits per heavy atom. The van der Waals surface area contributed by atoms with Gasteiger partial charge in [-0.15, -0.1) is 0 Å². The molecule has 3 unspecified atom stereocenters. The molecule has 0 saturated carbocycles. The van der Waals surface area contributed by atoms with Crippen LogP contribution in [0, 0.1) is 0 Å². The van der Waals surface area contributed by atoms with Gasteiger partial charge in [0.15, 0.2) is 5.01 Å². The number of hydrogen-bond donors (Lipinski definition) is 0. The fourth-order valence-electron chi connectivity index (χ4n) is 3.06. The molecule has 6 nitrogen and oxygen atoms in total. The molecular weight excluding hydrogens is 390 g/mol. The number of allylic oxidation sites excluding steroid dienone is 1. The summed E-state index contributed by atoms with van der Waals surface area (Å²) in [5.41, 5.74) is 0. The lowest BCUT2D eigenvalue weighted by molar-refractivity contribution is -0.354. The number of amides is 1. The van der Waals surface area contributed by atoms with E-state index in [1.807, 2.05) is 6.08 Å². The SMILES string of the molecule is CCC(CC)OC(Br)C1(C)OC2=CCC(CC2)N(C(=O)CC(C)=O)O1. The summed E-state index contributed by atoms with van der Waals surface area (Å²) < 4.78 is 12.1. The zero-order valence-electron chi connectivity index (χ0n) is 15.4. The van der Waals surface area contributed by atoms with Crippen LogP contribution in [0.2, 0.25) is 0 Å². The number of fused-ring (bicyclic) bond motifs is 5. The summed E-state index contributed by atoms with van der Waals surface area (Å²) in [6, 6.07) is -0.0910. The second kappa shape index (κ2) is 8.64. The highest BCUT2D eigenvalue weighted by Crippen LogP contribution is 2.38. The molecule has 1 fully saturated rings. The zero-order chi connectivity index (χ0) is 18.6. The first-order valence-corrected chi connectivity index (χ1v) is 9.88. The van der Waals surface area contributed by atoms with Gasteiger partial charge in [0, 0.05) is 13.3 Å². The van der Waals surface area contributed by atoms with Crippen LogP contribution in [-0.4, -0.2) is 39.7 Å². The van der Waals surface area contributed by atoms with Crippen LogP contribution in [0.15, 0.2) is 11.8 Å². The van der Waals surface area contributed by atoms with Gasteiger partial charge in [0.2, 0.25) is 0 Å². The number of halogens is 1. The first kappa shape index (κ1) is 20.4. The molecule has 0 aromatic carbocycles. The van der Waals surface area contributed by atoms with E-state index in [0.717, 1.165) is 31.4 Å². The summed E-state index contributed by atoms with van der Waals surface area (Å²) in [6.07, 6.45) is 5.77. The lowest BCUT2D eigenvalue weighted by atomic mass is 9.99. The Kier molecular flexibility index (Phi) is 7.05. The number of hydrogen-bond acceptors (Lipinski definition) is 5. The van der Waals surface area contributed by atoms with Gasteiger partial charge in [-0.3, -0.25) is 9.59 Å². The normalized spacial score (nSPS) is 27.4. The summed E-state index contributed by atoms with van der Waals surface area (Å²) in [5, 5.41) is 0.774. The predicted octanol–water partition coefficient (Wildman–Crippen LogP) is 3.83. The topological polar surface area (TPSA) is 65.1 Å². The molecule has 2 aliphatic heterocycles. The first-order chi connectivity index (χ1) is 11.8. The van der Waals surface area contributed by atoms with Crippen molar-refractivity contribution in [2.75, 3.05) is 0 Å². The molecule has 3 atom stereocenters. The van der Waals surface area contributed by atoms with Crippen molar-refractivity contribution in [3.63, 3.8) is 0 Å². The number of ketones is 1. The van der Waals surface area contributed by atoms with Crippen LogP contribution in [0.5, 0.6) is 0 Å². The molecule has 0 radical (unpaired) electrons. The van der Waals surface area contributed by atoms with E-state index < -0.39 is 10.8 Å². The molecule has 2 heterocycles. The van der Waals surface area contributed by atoms with Crippen LogP contribution in [0.4, 0.5) is 0 Å². The molecule has 1 amide bonds. The number of Topliss-reactive ketones (excluding diaryl/α,β-unsaturated/α-hetero) is 1. The summed E-state index contributed by atoms with van der Waals surface area (Å²) in [4.78, 5) is 30.0. The molecule has 142 valence electrons. The molecule has 2 bridgehead atoms. The molecule has 0 N–H and O–H groups in total. The number of hydroxylamine groups is 2. The van der Waals surface area contributed by atoms with Crippen molar-refractivity contribution in [3.8, 4) is 0 Å². The van der Waals surface area contributed by atoms with Gasteiger partial charge in [0.1, 0.15) is 5.78 Å². The molecule has 3 aliphatic rings. The monoisotopic (exact) mass is 417 g/mol. The van der Waals surface area contributed by atoms with Crippen molar-refractivity contribution < 1.29 is 23.9 Å². The molecule has 0 spiro atoms. The number of carbonyl (C=O) groups is 2. The molecule has 7 heteroatoms. The molecule has 1 saturated heterocycles. The second-order valence-electron chi connectivity index (χ2n) is 6.80. The minimum Gasteiger partial charge on any atom is -0.461 e. The molecular formula is C18H28BrNO5. The maximum Gasteiger partial charge on any atom is 0.266 e. The number of ether oxygens (including phenoxy) is 2. The average molecular weight is 418 g/mol. The van der Waals surface area contributed by atoms with E-state index >= 15 is 0 Å². The van der Waals surface area contributed by atoms with Crippen LogP contribution < -0.4 is 0 Å². The Morgan fingerprint density at radius 3 is 2.64 bits per heavy atom. The van der Waals surface area contributed by atoms with Crippen LogP contribution in [0.3, 0.4) is 0 Å². The lowest BCUT2D eigenvalue weighted by Crippen LogP contribution is -2.55. The minimum atomic E-state index is -1.19. The lowest BCUT2D eigenvalue weighted by Gasteiger charge is -2.45. The Bertz CT molecular complexity index is 534. The molecule has 25 heavy (non-hydrogen) atoms. The average Bonchev–Trinajstić information content (AvgIpc) is 2.55. The Morgan fingerprint density at radius 2 is 2.12 bits per heavy atom. The van der Waals surface area contributed by atoms with E-state index in [4.69, 9.17) is 14.3 Å². The summed E-state index contributed by atoms with van der Waals surface area (Å²) in [5.74, 6) is -0.864. The highest BCUT2D eigenvalue weighted by atomic mass is 79.9. The van der Waals surface area contributed by atoms with Crippen molar-refractivity contribution in [3.05, 3.63) is 11.8 Å². The van der Waals surface area contributed by atoms with Crippen LogP contribution >= 0.6 is 15.9 Å². The van der Waals surface area contributed by atoms with E-state index in [2.05, 4.69) is 29.8 Å². The Hall–Kier alpha value is -0.920. The first-order valence-electron chi connectivity index (χ1n) is 8.97. The summed E-state index contributed by atoms with van der Waals surface area (Å²) in [7, 11) is 0. The minimum absolute atomic E-state index is 0.0615. The molecule has 0 aromatic heterocycles. The van der Waals surface area contributed by atoms with E-state index in [1.165, 1.54) is 12.0 Å². The maximum absolute atomic E-state index is 12.6. The molecule has 3 rings (SSSR count). The van der Waals surface area contributed by atoms with Crippen molar-refractivity contribution in [2.45, 2.75) is 89.2 Å². The quantitative estimate of drug-likeness (QED) is 0.465. The van der Waals surface area contributed by atoms with Gasteiger partial charge in [0.05, 0.1) is 24.3 Å². The fraction of sp³-hybridized carbons (Fsp3) is 0.778. The third-order valence-corrected chi connectivity index (χ3v) is 5.61. The van der Waals surface area contributed by atoms with E-state index in [1.54, 1.807) is 6.92 Å². The Labute approximate surface area is 157 Å². The van der Waals surface area contributed by atoms with Crippen molar-refractivity contribution >= 4 is 27.6 Å². The number of carbonyl (C=O) groups excluding carboxylic acids is 2. The van der Waals surface area contributed by atoms with Crippen LogP contribution in [0.1, 0.15) is 66.2 Å². The van der Waals surface area contributed by atoms with Gasteiger partial charge in [-0.2, -0.15) is 0 Å². The standard InChI is InChI=1S/C18H28BrNO5/c1-5-14(6-2)23-17(19)18(4)24-15-9-7-13(8-10-15)20(25-18)16(22)11-12(3)21/h9,13-14,17H,5-8,10-11H2,1-4H3. The van der Waals surface area contributed by atoms with Gasteiger partial charge in [-0.25, -0.2) is 9.90 Å². The summed E-state index contributed by atoms with van der Waals surface area (Å²) in [6.45, 7) is 7.27. The van der Waals surface area contributed by atoms with Crippen molar-refractivity contribution in [2.24, 2.45) is 0 Å². The van der Waals surface area contributed by atoms with Crippen molar-refractivity contribution in [1.29, 1.82) is 0 Å². The Balaban J connectivity index is 2.24. The van der Waals surface area contributed by atoms with Gasteiger partial charge >= 0.3 is 0 Å². The molecule has 1 aliphatic carbocycles. The van der Waals surface area contributed by atoms with Crippen LogP contribution in [-0.2, 0) is 23.9 Å². The number of rotatable bonds is 7. The van der Waals surface area contributed by atoms with E-state index in [0.29, 0.717) is 6.42 Å². The number of alkyl halides is 1. The number of nitrogens with zero attached hydrogens (tertiary/aromatic N) is 1. The largest absolute Gasteiger partial charge is 0.461 e. The van der Waals surface area contributed by atoms with Gasteiger partial charge in [-0.1, -0.05) is 29.8 Å². The fourth-order valence-corrected chi connectivity index (χ4v) is 3.54. The van der Waals surface area contributed by atoms with E-state index in [9.17, 15) is 9.59 Å². The van der Waals surface area contributed by atoms with Gasteiger partial charge in [-0.05, 0) is 38.7 Å². The third kappa shape index (κ3) is 5.05. The highest BCUT2D eigenvalue weighted by molar-refractivity contribution is 9.09. The van der Waals surface area contributed by atoms with Gasteiger partial charge in [0.25, 0.3) is 11.7 Å². The zero-order valence-corrected chi connectivity index (χ0v) is 17.0. The van der Waals surface area contributed by atoms with Crippen molar-refractivity contribution in [1.82, 2.24) is 5.06 Å². The van der Waals surface area contributed by atoms with E-state index in [-0.39, 0.29) is 30.3 Å². The van der Waals surface area contributed by atoms with Gasteiger partial charge < -0.3 is 9.47 Å². The summed E-state index contributed by atoms with van der Waals surface area (Å²) >= 11 is 3.53. The second-order valence-corrected chi connectivity index (χ2v) is 7.63. The maximum atomic E-state index is 12.6.